The third-order valence-corrected chi connectivity index (χ3v) is 6.09. The van der Waals surface area contributed by atoms with Gasteiger partial charge in [0, 0.05) is 11.1 Å². The summed E-state index contributed by atoms with van der Waals surface area (Å²) in [4.78, 5) is 12.5. The Labute approximate surface area is 192 Å². The molecule has 4 rings (SSSR count). The lowest BCUT2D eigenvalue weighted by Gasteiger charge is -2.22. The molecular formula is C24H23N3O5S. The number of hydrogen-bond acceptors (Lipinski definition) is 6. The van der Waals surface area contributed by atoms with Crippen LogP contribution in [0.5, 0.6) is 11.5 Å². The van der Waals surface area contributed by atoms with Gasteiger partial charge in [-0.15, -0.1) is 0 Å². The standard InChI is InChI=1S/C24H23N3O5S/c1-33(29,30)27(21-7-3-2-4-8-21)17-18-10-12-19(13-11-18)24(28)26-25-16-20-6-5-9-22-23(20)32-15-14-31-22/h2-13,16H,14-15,17H2,1H3,(H,26,28). The first-order chi connectivity index (χ1) is 15.9. The number of rotatable bonds is 7. The maximum Gasteiger partial charge on any atom is 0.271 e. The highest BCUT2D eigenvalue weighted by molar-refractivity contribution is 7.92. The second-order valence-corrected chi connectivity index (χ2v) is 9.28. The van der Waals surface area contributed by atoms with Gasteiger partial charge < -0.3 is 9.47 Å². The Morgan fingerprint density at radius 1 is 1.00 bits per heavy atom. The van der Waals surface area contributed by atoms with Crippen LogP contribution >= 0.6 is 0 Å². The summed E-state index contributed by atoms with van der Waals surface area (Å²) in [6.45, 7) is 1.11. The van der Waals surface area contributed by atoms with Crippen LogP contribution in [0.4, 0.5) is 5.69 Å². The van der Waals surface area contributed by atoms with Crippen LogP contribution in [0.25, 0.3) is 0 Å². The number of nitrogens with zero attached hydrogens (tertiary/aromatic N) is 2. The lowest BCUT2D eigenvalue weighted by Crippen LogP contribution is -2.29. The highest BCUT2D eigenvalue weighted by Gasteiger charge is 2.18. The molecule has 0 spiro atoms. The second kappa shape index (κ2) is 9.74. The van der Waals surface area contributed by atoms with Gasteiger partial charge in [-0.1, -0.05) is 36.4 Å². The summed E-state index contributed by atoms with van der Waals surface area (Å²) < 4.78 is 37.0. The number of nitrogens with one attached hydrogen (secondary N) is 1. The van der Waals surface area contributed by atoms with Crippen molar-refractivity contribution in [2.75, 3.05) is 23.8 Å². The Bertz CT molecular complexity index is 1260. The molecule has 1 N–H and O–H groups in total. The van der Waals surface area contributed by atoms with Crippen LogP contribution < -0.4 is 19.2 Å². The fourth-order valence-electron chi connectivity index (χ4n) is 3.34. The number of carbonyl (C=O) groups excluding carboxylic acids is 1. The molecule has 1 aliphatic rings. The molecule has 3 aromatic rings. The van der Waals surface area contributed by atoms with Crippen molar-refractivity contribution < 1.29 is 22.7 Å². The molecule has 0 unspecified atom stereocenters. The van der Waals surface area contributed by atoms with Gasteiger partial charge in [-0.25, -0.2) is 13.8 Å². The van der Waals surface area contributed by atoms with E-state index in [1.54, 1.807) is 48.5 Å². The molecule has 0 radical (unpaired) electrons. The number of hydrazone groups is 1. The van der Waals surface area contributed by atoms with Gasteiger partial charge in [-0.05, 0) is 42.0 Å². The Kier molecular flexibility index (Phi) is 6.60. The highest BCUT2D eigenvalue weighted by atomic mass is 32.2. The van der Waals surface area contributed by atoms with Crippen molar-refractivity contribution in [1.82, 2.24) is 5.43 Å². The summed E-state index contributed by atoms with van der Waals surface area (Å²) in [5.41, 5.74) is 4.92. The topological polar surface area (TPSA) is 97.3 Å². The molecular weight excluding hydrogens is 442 g/mol. The van der Waals surface area contributed by atoms with E-state index in [-0.39, 0.29) is 12.5 Å². The molecule has 1 amide bonds. The van der Waals surface area contributed by atoms with Crippen LogP contribution in [-0.4, -0.2) is 40.0 Å². The fraction of sp³-hybridized carbons (Fsp3) is 0.167. The average molecular weight is 466 g/mol. The number of sulfonamides is 1. The number of ether oxygens (including phenoxy) is 2. The largest absolute Gasteiger partial charge is 0.486 e. The third kappa shape index (κ3) is 5.50. The zero-order valence-corrected chi connectivity index (χ0v) is 18.8. The number of fused-ring (bicyclic) bond motifs is 1. The molecule has 1 aliphatic heterocycles. The summed E-state index contributed by atoms with van der Waals surface area (Å²) in [6.07, 6.45) is 2.67. The predicted octanol–water partition coefficient (Wildman–Crippen LogP) is 3.19. The zero-order valence-electron chi connectivity index (χ0n) is 18.0. The van der Waals surface area contributed by atoms with Crippen molar-refractivity contribution in [2.24, 2.45) is 5.10 Å². The molecule has 9 heteroatoms. The number of carbonyl (C=O) groups is 1. The van der Waals surface area contributed by atoms with E-state index in [2.05, 4.69) is 10.5 Å². The summed E-state index contributed by atoms with van der Waals surface area (Å²) in [6, 6.07) is 21.0. The minimum absolute atomic E-state index is 0.157. The Hall–Kier alpha value is -3.85. The lowest BCUT2D eigenvalue weighted by atomic mass is 10.1. The number of para-hydroxylation sites is 2. The molecule has 33 heavy (non-hydrogen) atoms. The van der Waals surface area contributed by atoms with E-state index in [4.69, 9.17) is 9.47 Å². The number of anilines is 1. The summed E-state index contributed by atoms with van der Waals surface area (Å²) in [5.74, 6) is 0.855. The molecule has 1 heterocycles. The van der Waals surface area contributed by atoms with Crippen LogP contribution in [0, 0.1) is 0 Å². The quantitative estimate of drug-likeness (QED) is 0.427. The van der Waals surface area contributed by atoms with E-state index in [1.165, 1.54) is 16.8 Å². The van der Waals surface area contributed by atoms with E-state index in [1.807, 2.05) is 24.3 Å². The van der Waals surface area contributed by atoms with Crippen LogP contribution in [0.1, 0.15) is 21.5 Å². The highest BCUT2D eigenvalue weighted by Crippen LogP contribution is 2.32. The molecule has 0 atom stereocenters. The molecule has 0 aliphatic carbocycles. The molecule has 170 valence electrons. The van der Waals surface area contributed by atoms with Gasteiger partial charge in [-0.3, -0.25) is 9.10 Å². The first kappa shape index (κ1) is 22.3. The van der Waals surface area contributed by atoms with Crippen LogP contribution in [-0.2, 0) is 16.6 Å². The Morgan fingerprint density at radius 2 is 1.73 bits per heavy atom. The maximum absolute atomic E-state index is 12.5. The summed E-state index contributed by atoms with van der Waals surface area (Å²) >= 11 is 0. The minimum Gasteiger partial charge on any atom is -0.486 e. The molecule has 0 bridgehead atoms. The van der Waals surface area contributed by atoms with E-state index in [9.17, 15) is 13.2 Å². The second-order valence-electron chi connectivity index (χ2n) is 7.37. The lowest BCUT2D eigenvalue weighted by molar-refractivity contribution is 0.0955. The number of amides is 1. The first-order valence-corrected chi connectivity index (χ1v) is 12.1. The maximum atomic E-state index is 12.5. The van der Waals surface area contributed by atoms with Crippen LogP contribution in [0.3, 0.4) is 0 Å². The van der Waals surface area contributed by atoms with Gasteiger partial charge in [-0.2, -0.15) is 5.10 Å². The van der Waals surface area contributed by atoms with Crippen molar-refractivity contribution >= 4 is 27.8 Å². The smallest absolute Gasteiger partial charge is 0.271 e. The Balaban J connectivity index is 1.42. The summed E-state index contributed by atoms with van der Waals surface area (Å²) in [5, 5.41) is 4.02. The average Bonchev–Trinajstić information content (AvgIpc) is 2.83. The third-order valence-electron chi connectivity index (χ3n) is 4.95. The van der Waals surface area contributed by atoms with E-state index >= 15 is 0 Å². The van der Waals surface area contributed by atoms with Gasteiger partial charge in [0.1, 0.15) is 13.2 Å². The van der Waals surface area contributed by atoms with E-state index in [0.29, 0.717) is 41.5 Å². The van der Waals surface area contributed by atoms with Crippen LogP contribution in [0.15, 0.2) is 77.9 Å². The zero-order chi connectivity index (χ0) is 23.3. The SMILES string of the molecule is CS(=O)(=O)N(Cc1ccc(C(=O)NN=Cc2cccc3c2OCCO3)cc1)c1ccccc1. The monoisotopic (exact) mass is 465 g/mol. The van der Waals surface area contributed by atoms with Crippen molar-refractivity contribution in [3.63, 3.8) is 0 Å². The van der Waals surface area contributed by atoms with Crippen LogP contribution in [0.2, 0.25) is 0 Å². The van der Waals surface area contributed by atoms with Crippen molar-refractivity contribution in [1.29, 1.82) is 0 Å². The van der Waals surface area contributed by atoms with Crippen molar-refractivity contribution in [3.05, 3.63) is 89.5 Å². The summed E-state index contributed by atoms with van der Waals surface area (Å²) in [7, 11) is -3.47. The normalized spacial score (nSPS) is 13.0. The van der Waals surface area contributed by atoms with Gasteiger partial charge in [0.15, 0.2) is 11.5 Å². The molecule has 0 saturated carbocycles. The minimum atomic E-state index is -3.47. The van der Waals surface area contributed by atoms with Crippen molar-refractivity contribution in [3.8, 4) is 11.5 Å². The Morgan fingerprint density at radius 3 is 2.45 bits per heavy atom. The van der Waals surface area contributed by atoms with E-state index in [0.717, 1.165) is 5.56 Å². The number of benzene rings is 3. The molecule has 0 fully saturated rings. The first-order valence-electron chi connectivity index (χ1n) is 10.3. The van der Waals surface area contributed by atoms with Gasteiger partial charge in [0.2, 0.25) is 10.0 Å². The molecule has 8 nitrogen and oxygen atoms in total. The molecule has 3 aromatic carbocycles. The molecule has 0 aromatic heterocycles. The molecule has 0 saturated heterocycles. The number of hydrogen-bond donors (Lipinski definition) is 1. The fourth-order valence-corrected chi connectivity index (χ4v) is 4.23. The predicted molar refractivity (Wildman–Crippen MR) is 126 cm³/mol. The van der Waals surface area contributed by atoms with E-state index < -0.39 is 10.0 Å². The van der Waals surface area contributed by atoms with Gasteiger partial charge in [0.05, 0.1) is 24.7 Å². The van der Waals surface area contributed by atoms with Gasteiger partial charge >= 0.3 is 0 Å². The van der Waals surface area contributed by atoms with Crippen molar-refractivity contribution in [2.45, 2.75) is 6.54 Å². The van der Waals surface area contributed by atoms with Gasteiger partial charge in [0.25, 0.3) is 5.91 Å².